The number of guanidine groups is 1. The molecule has 0 atom stereocenters. The van der Waals surface area contributed by atoms with Gasteiger partial charge >= 0.3 is 0 Å². The number of rotatable bonds is 6. The normalized spacial score (nSPS) is 11.3. The summed E-state index contributed by atoms with van der Waals surface area (Å²) in [4.78, 5) is 4.14. The summed E-state index contributed by atoms with van der Waals surface area (Å²) in [6, 6.07) is 9.61. The Hall–Kier alpha value is -2.63. The van der Waals surface area contributed by atoms with Crippen LogP contribution in [0.1, 0.15) is 16.7 Å². The molecule has 4 nitrogen and oxygen atoms in total. The first-order valence-electron chi connectivity index (χ1n) is 8.05. The molecule has 0 aliphatic carbocycles. The summed E-state index contributed by atoms with van der Waals surface area (Å²) < 4.78 is 31.9. The predicted molar refractivity (Wildman–Crippen MR) is 96.0 cm³/mol. The largest absolute Gasteiger partial charge is 0.496 e. The third-order valence-electron chi connectivity index (χ3n) is 3.81. The van der Waals surface area contributed by atoms with Crippen molar-refractivity contribution in [2.75, 3.05) is 20.7 Å². The van der Waals surface area contributed by atoms with Gasteiger partial charge in [0.1, 0.15) is 17.4 Å². The van der Waals surface area contributed by atoms with Crippen LogP contribution in [0.4, 0.5) is 8.78 Å². The third kappa shape index (κ3) is 5.45. The molecule has 0 saturated heterocycles. The monoisotopic (exact) mass is 347 g/mol. The van der Waals surface area contributed by atoms with Gasteiger partial charge in [0, 0.05) is 31.8 Å². The lowest BCUT2D eigenvalue weighted by molar-refractivity contribution is 0.408. The number of hydrogen-bond acceptors (Lipinski definition) is 2. The first-order chi connectivity index (χ1) is 12.0. The standard InChI is InChI=1S/C19H23F2N3O/c1-13-4-5-15(18(10-13)25-3)12-24-19(22-2)23-9-8-14-6-7-16(20)11-17(14)21/h4-7,10-11H,8-9,12H2,1-3H3,(H2,22,23,24). The summed E-state index contributed by atoms with van der Waals surface area (Å²) in [5, 5.41) is 6.31. The van der Waals surface area contributed by atoms with Gasteiger partial charge < -0.3 is 15.4 Å². The van der Waals surface area contributed by atoms with E-state index < -0.39 is 11.6 Å². The number of nitrogens with zero attached hydrogens (tertiary/aromatic N) is 1. The van der Waals surface area contributed by atoms with E-state index in [2.05, 4.69) is 15.6 Å². The van der Waals surface area contributed by atoms with Gasteiger partial charge in [-0.25, -0.2) is 8.78 Å². The first-order valence-corrected chi connectivity index (χ1v) is 8.05. The molecule has 0 spiro atoms. The highest BCUT2D eigenvalue weighted by Gasteiger charge is 2.06. The van der Waals surface area contributed by atoms with Crippen LogP contribution >= 0.6 is 0 Å². The summed E-state index contributed by atoms with van der Waals surface area (Å²) >= 11 is 0. The average Bonchev–Trinajstić information content (AvgIpc) is 2.60. The Morgan fingerprint density at radius 2 is 1.84 bits per heavy atom. The Morgan fingerprint density at radius 1 is 1.08 bits per heavy atom. The Labute approximate surface area is 146 Å². The average molecular weight is 347 g/mol. The fourth-order valence-electron chi connectivity index (χ4n) is 2.44. The smallest absolute Gasteiger partial charge is 0.191 e. The summed E-state index contributed by atoms with van der Waals surface area (Å²) in [7, 11) is 3.31. The summed E-state index contributed by atoms with van der Waals surface area (Å²) in [5.41, 5.74) is 2.61. The van der Waals surface area contributed by atoms with Crippen LogP contribution < -0.4 is 15.4 Å². The Morgan fingerprint density at radius 3 is 2.52 bits per heavy atom. The molecule has 25 heavy (non-hydrogen) atoms. The molecule has 0 heterocycles. The molecule has 0 bridgehead atoms. The topological polar surface area (TPSA) is 45.7 Å². The van der Waals surface area contributed by atoms with E-state index in [0.717, 1.165) is 22.9 Å². The number of methoxy groups -OCH3 is 1. The molecule has 0 unspecified atom stereocenters. The van der Waals surface area contributed by atoms with Gasteiger partial charge in [-0.1, -0.05) is 18.2 Å². The minimum Gasteiger partial charge on any atom is -0.496 e. The maximum Gasteiger partial charge on any atom is 0.191 e. The van der Waals surface area contributed by atoms with Gasteiger partial charge in [-0.05, 0) is 36.6 Å². The summed E-state index contributed by atoms with van der Waals surface area (Å²) in [5.74, 6) is 0.314. The molecule has 0 aromatic heterocycles. The Bertz CT molecular complexity index is 747. The van der Waals surface area contributed by atoms with Crippen LogP contribution in [0.25, 0.3) is 0 Å². The minimum absolute atomic E-state index is 0.431. The zero-order valence-corrected chi connectivity index (χ0v) is 14.7. The van der Waals surface area contributed by atoms with Gasteiger partial charge in [0.15, 0.2) is 5.96 Å². The molecule has 0 radical (unpaired) electrons. The number of benzene rings is 2. The van der Waals surface area contributed by atoms with E-state index in [1.807, 2.05) is 25.1 Å². The van der Waals surface area contributed by atoms with Crippen LogP contribution in [-0.2, 0) is 13.0 Å². The van der Waals surface area contributed by atoms with Crippen LogP contribution in [0.3, 0.4) is 0 Å². The number of hydrogen-bond donors (Lipinski definition) is 2. The van der Waals surface area contributed by atoms with E-state index in [0.29, 0.717) is 31.0 Å². The lowest BCUT2D eigenvalue weighted by Crippen LogP contribution is -2.38. The van der Waals surface area contributed by atoms with Gasteiger partial charge in [0.2, 0.25) is 0 Å². The minimum atomic E-state index is -0.571. The highest BCUT2D eigenvalue weighted by molar-refractivity contribution is 5.79. The number of ether oxygens (including phenoxy) is 1. The quantitative estimate of drug-likeness (QED) is 0.623. The molecule has 0 amide bonds. The van der Waals surface area contributed by atoms with E-state index in [4.69, 9.17) is 4.74 Å². The van der Waals surface area contributed by atoms with Crippen molar-refractivity contribution < 1.29 is 13.5 Å². The highest BCUT2D eigenvalue weighted by Crippen LogP contribution is 2.19. The molecular weight excluding hydrogens is 324 g/mol. The van der Waals surface area contributed by atoms with Gasteiger partial charge in [0.05, 0.1) is 7.11 Å². The number of aryl methyl sites for hydroxylation is 1. The number of halogens is 2. The summed E-state index contributed by atoms with van der Waals surface area (Å²) in [6.45, 7) is 3.04. The van der Waals surface area contributed by atoms with Gasteiger partial charge in [0.25, 0.3) is 0 Å². The molecule has 6 heteroatoms. The van der Waals surface area contributed by atoms with Crippen molar-refractivity contribution in [3.8, 4) is 5.75 Å². The second-order valence-electron chi connectivity index (χ2n) is 5.65. The molecule has 0 fully saturated rings. The van der Waals surface area contributed by atoms with E-state index >= 15 is 0 Å². The van der Waals surface area contributed by atoms with Crippen molar-refractivity contribution in [2.45, 2.75) is 19.9 Å². The van der Waals surface area contributed by atoms with Crippen molar-refractivity contribution in [2.24, 2.45) is 4.99 Å². The molecule has 2 N–H and O–H groups in total. The maximum atomic E-state index is 13.6. The molecule has 2 rings (SSSR count). The Balaban J connectivity index is 1.87. The SMILES string of the molecule is CN=C(NCCc1ccc(F)cc1F)NCc1ccc(C)cc1OC. The van der Waals surface area contributed by atoms with Crippen LogP contribution in [0.5, 0.6) is 5.75 Å². The van der Waals surface area contributed by atoms with Crippen molar-refractivity contribution in [3.05, 3.63) is 64.7 Å². The van der Waals surface area contributed by atoms with E-state index in [1.165, 1.54) is 12.1 Å². The molecular formula is C19H23F2N3O. The second-order valence-corrected chi connectivity index (χ2v) is 5.65. The zero-order valence-electron chi connectivity index (χ0n) is 14.7. The zero-order chi connectivity index (χ0) is 18.2. The van der Waals surface area contributed by atoms with E-state index in [1.54, 1.807) is 14.2 Å². The highest BCUT2D eigenvalue weighted by atomic mass is 19.1. The molecule has 2 aromatic rings. The van der Waals surface area contributed by atoms with Crippen molar-refractivity contribution in [3.63, 3.8) is 0 Å². The number of aliphatic imine (C=N–C) groups is 1. The Kier molecular flexibility index (Phi) is 6.74. The lowest BCUT2D eigenvalue weighted by atomic mass is 10.1. The molecule has 0 aliphatic heterocycles. The van der Waals surface area contributed by atoms with Crippen LogP contribution in [-0.4, -0.2) is 26.7 Å². The summed E-state index contributed by atoms with van der Waals surface area (Å²) in [6.07, 6.45) is 0.431. The number of nitrogens with one attached hydrogen (secondary N) is 2. The van der Waals surface area contributed by atoms with Gasteiger partial charge in [-0.15, -0.1) is 0 Å². The molecule has 0 saturated carbocycles. The second kappa shape index (κ2) is 9.01. The molecule has 0 aliphatic rings. The predicted octanol–water partition coefficient (Wildman–Crippen LogP) is 3.19. The van der Waals surface area contributed by atoms with Crippen LogP contribution in [0, 0.1) is 18.6 Å². The van der Waals surface area contributed by atoms with Crippen LogP contribution in [0.15, 0.2) is 41.4 Å². The van der Waals surface area contributed by atoms with Gasteiger partial charge in [-0.2, -0.15) is 0 Å². The van der Waals surface area contributed by atoms with Crippen LogP contribution in [0.2, 0.25) is 0 Å². The third-order valence-corrected chi connectivity index (χ3v) is 3.81. The van der Waals surface area contributed by atoms with Crippen molar-refractivity contribution in [1.82, 2.24) is 10.6 Å². The molecule has 134 valence electrons. The maximum absolute atomic E-state index is 13.6. The lowest BCUT2D eigenvalue weighted by Gasteiger charge is -2.14. The van der Waals surface area contributed by atoms with E-state index in [-0.39, 0.29) is 0 Å². The fourth-order valence-corrected chi connectivity index (χ4v) is 2.44. The van der Waals surface area contributed by atoms with Crippen molar-refractivity contribution in [1.29, 1.82) is 0 Å². The van der Waals surface area contributed by atoms with E-state index in [9.17, 15) is 8.78 Å². The fraction of sp³-hybridized carbons (Fsp3) is 0.316. The van der Waals surface area contributed by atoms with Gasteiger partial charge in [-0.3, -0.25) is 4.99 Å². The first kappa shape index (κ1) is 18.7. The van der Waals surface area contributed by atoms with Crippen molar-refractivity contribution >= 4 is 5.96 Å². The molecule has 2 aromatic carbocycles.